The number of carbonyl (C=O) groups is 14. The Labute approximate surface area is 553 Å². The maximum Gasteiger partial charge on any atom is 0.327 e. The fourth-order valence-electron chi connectivity index (χ4n) is 10.8. The number of fused-ring (bicyclic) bond motifs is 2. The number of ketones is 1. The number of para-hydroxylation sites is 1. The Morgan fingerprint density at radius 2 is 1.17 bits per heavy atom. The Morgan fingerprint density at radius 1 is 0.628 bits per heavy atom. The van der Waals surface area contributed by atoms with Crippen LogP contribution in [0.15, 0.2) is 30.5 Å². The van der Waals surface area contributed by atoms with Crippen molar-refractivity contribution < 1.29 is 77.3 Å². The highest BCUT2D eigenvalue weighted by Crippen LogP contribution is 2.27. The molecule has 94 heavy (non-hydrogen) atoms. The summed E-state index contributed by atoms with van der Waals surface area (Å²) in [7, 11) is 1.82. The lowest BCUT2D eigenvalue weighted by atomic mass is 9.90. The van der Waals surface area contributed by atoms with Gasteiger partial charge in [0.1, 0.15) is 48.3 Å². The van der Waals surface area contributed by atoms with Crippen LogP contribution in [-0.2, 0) is 73.5 Å². The average molecular weight is 1360 g/mol. The van der Waals surface area contributed by atoms with Crippen molar-refractivity contribution in [3.8, 4) is 0 Å². The number of benzene rings is 1. The number of carbonyl (C=O) groups excluding carboxylic acids is 12. The van der Waals surface area contributed by atoms with Crippen molar-refractivity contribution >= 4 is 115 Å². The molecule has 2 aliphatic heterocycles. The normalized spacial score (nSPS) is 25.6. The van der Waals surface area contributed by atoms with Gasteiger partial charge >= 0.3 is 11.9 Å². The Balaban J connectivity index is 1.85. The molecule has 0 spiro atoms. The molecule has 12 atom stereocenters. The Kier molecular flexibility index (Phi) is 33.2. The second-order valence-electron chi connectivity index (χ2n) is 24.2. The first-order valence-electron chi connectivity index (χ1n) is 31.8. The van der Waals surface area contributed by atoms with Gasteiger partial charge in [0, 0.05) is 66.8 Å². The van der Waals surface area contributed by atoms with Crippen molar-refractivity contribution in [3.05, 3.63) is 36.0 Å². The third-order valence-electron chi connectivity index (χ3n) is 16.3. The quantitative estimate of drug-likeness (QED) is 0.0436. The van der Waals surface area contributed by atoms with Crippen LogP contribution in [0.2, 0.25) is 0 Å². The fourth-order valence-corrected chi connectivity index (χ4v) is 13.1. The molecule has 1 aromatic carbocycles. The highest BCUT2D eigenvalue weighted by Gasteiger charge is 2.42. The van der Waals surface area contributed by atoms with Crippen LogP contribution in [0.5, 0.6) is 0 Å². The van der Waals surface area contributed by atoms with Crippen LogP contribution in [0, 0.1) is 17.8 Å². The van der Waals surface area contributed by atoms with E-state index in [1.165, 1.54) is 4.90 Å². The minimum absolute atomic E-state index is 0.00578. The van der Waals surface area contributed by atoms with Crippen LogP contribution in [-0.4, -0.2) is 194 Å². The molecule has 2 saturated heterocycles. The van der Waals surface area contributed by atoms with E-state index in [9.17, 15) is 77.3 Å². The number of hydrogen-bond acceptors (Lipinski definition) is 19. The molecule has 2 unspecified atom stereocenters. The number of H-pyrrole nitrogens is 1. The number of hydrogen-bond donors (Lipinski definition) is 16. The van der Waals surface area contributed by atoms with Gasteiger partial charge in [-0.05, 0) is 101 Å². The summed E-state index contributed by atoms with van der Waals surface area (Å²) >= 11 is 0. The van der Waals surface area contributed by atoms with E-state index in [1.54, 1.807) is 58.2 Å². The number of nitrogens with two attached hydrogens (primary N) is 5. The van der Waals surface area contributed by atoms with Crippen molar-refractivity contribution in [2.24, 2.45) is 46.4 Å². The summed E-state index contributed by atoms with van der Waals surface area (Å²) in [5.74, 6) is -16.3. The molecular formula is C61H95N15O16S2. The van der Waals surface area contributed by atoms with E-state index in [4.69, 9.17) is 28.7 Å². The Bertz CT molecular complexity index is 2990. The fraction of sp³-hybridized carbons (Fsp3) is 0.639. The van der Waals surface area contributed by atoms with Crippen molar-refractivity contribution in [1.82, 2.24) is 52.4 Å². The SMILES string of the molecule is CCC(C)[C@H]1NC(=O)[C@@H](CCC(N)=O)NC(=O)[C@H](N)CSSC[C@H](C(=O)O)NC(=O)[C@@H](CC(C)C)NC(=O)[C@@H](CC(=O)O)NC(=O)C2CCCN2C(=O)[C@@H](CCCCN)CC(=O)[C@@H](CCC(N)=O)NC(=O)[C@@H](CCCCN)NC(=O)[C@@H](Cc2c[nH]c3ccccc23)NC1=O. The van der Waals surface area contributed by atoms with Crippen molar-refractivity contribution in [3.63, 3.8) is 0 Å². The number of Topliss-reactive ketones (excluding diaryl/α,β-unsaturated/α-hetero) is 1. The van der Waals surface area contributed by atoms with Gasteiger partial charge in [0.15, 0.2) is 5.78 Å². The number of aromatic amines is 1. The number of nitrogens with one attached hydrogen (secondary N) is 9. The van der Waals surface area contributed by atoms with Crippen LogP contribution in [0.3, 0.4) is 0 Å². The third kappa shape index (κ3) is 25.4. The molecule has 2 fully saturated rings. The van der Waals surface area contributed by atoms with Gasteiger partial charge in [-0.2, -0.15) is 0 Å². The van der Waals surface area contributed by atoms with Crippen LogP contribution in [0.4, 0.5) is 0 Å². The molecule has 33 heteroatoms. The highest BCUT2D eigenvalue weighted by atomic mass is 33.1. The summed E-state index contributed by atoms with van der Waals surface area (Å²) in [4.78, 5) is 198. The summed E-state index contributed by atoms with van der Waals surface area (Å²) < 4.78 is 0. The second-order valence-corrected chi connectivity index (χ2v) is 26.8. The standard InChI is InChI=1S/C61H95N15O16S2/c1-5-33(4)51-59(89)73-43(26-35-29-67-38-15-7-6-14-36(35)38)56(86)70-40(16-9-11-23-63)53(83)68-39(18-20-48(65)78)47(77)27-34(13-8-10-22-62)60(90)76-24-12-17-46(76)58(88)72-44(28-50(80)81)57(87)71-42(25-32(2)3)55(85)74-45(61(91)92)31-94-93-30-37(64)52(82)69-41(54(84)75-51)19-21-49(66)79/h6-7,14-15,29,32-34,37,39-46,51,67H,5,8-13,16-28,30-31,62-64H2,1-4H3,(H2,65,78)(H2,66,79)(H,68,83)(H,69,82)(H,70,86)(H,71,87)(H,72,88)(H,73,89)(H,74,85)(H,75,84)(H,80,81)(H,91,92)/t33?,34-,37+,39+,40+,41+,42+,43+,44+,45+,46?,51+/m0/s1. The van der Waals surface area contributed by atoms with E-state index < -0.39 is 181 Å². The van der Waals surface area contributed by atoms with Crippen molar-refractivity contribution in [1.29, 1.82) is 0 Å². The molecule has 0 radical (unpaired) electrons. The van der Waals surface area contributed by atoms with Gasteiger partial charge in [-0.3, -0.25) is 62.3 Å². The zero-order chi connectivity index (χ0) is 69.8. The third-order valence-corrected chi connectivity index (χ3v) is 18.8. The summed E-state index contributed by atoms with van der Waals surface area (Å²) in [6.07, 6.45) is 0.226. The molecule has 0 bridgehead atoms. The smallest absolute Gasteiger partial charge is 0.327 e. The number of amides is 11. The zero-order valence-corrected chi connectivity index (χ0v) is 55.3. The molecule has 0 aliphatic carbocycles. The van der Waals surface area contributed by atoms with E-state index in [1.807, 2.05) is 0 Å². The first-order valence-corrected chi connectivity index (χ1v) is 34.3. The summed E-state index contributed by atoms with van der Waals surface area (Å²) in [6.45, 7) is 7.17. The number of primary amides is 2. The number of aliphatic carboxylic acids is 2. The molecule has 11 amide bonds. The highest BCUT2D eigenvalue weighted by molar-refractivity contribution is 8.76. The van der Waals surface area contributed by atoms with Crippen molar-refractivity contribution in [2.45, 2.75) is 197 Å². The van der Waals surface area contributed by atoms with E-state index >= 15 is 0 Å². The number of nitrogens with zero attached hydrogens (tertiary/aromatic N) is 1. The lowest BCUT2D eigenvalue weighted by Crippen LogP contribution is -2.61. The minimum Gasteiger partial charge on any atom is -0.481 e. The molecule has 4 rings (SSSR count). The van der Waals surface area contributed by atoms with Gasteiger partial charge in [0.05, 0.1) is 18.5 Å². The van der Waals surface area contributed by atoms with E-state index in [2.05, 4.69) is 47.5 Å². The lowest BCUT2D eigenvalue weighted by molar-refractivity contribution is -0.145. The van der Waals surface area contributed by atoms with E-state index in [-0.39, 0.29) is 101 Å². The van der Waals surface area contributed by atoms with E-state index in [0.29, 0.717) is 35.7 Å². The second kappa shape index (κ2) is 39.7. The summed E-state index contributed by atoms with van der Waals surface area (Å²) in [6, 6.07) is -7.80. The number of carboxylic acids is 2. The number of aromatic nitrogens is 1. The predicted octanol–water partition coefficient (Wildman–Crippen LogP) is -1.68. The van der Waals surface area contributed by atoms with Crippen LogP contribution in [0.25, 0.3) is 10.9 Å². The molecule has 1 aromatic heterocycles. The van der Waals surface area contributed by atoms with Gasteiger partial charge in [-0.25, -0.2) is 4.79 Å². The molecule has 522 valence electrons. The molecule has 21 N–H and O–H groups in total. The zero-order valence-electron chi connectivity index (χ0n) is 53.7. The van der Waals surface area contributed by atoms with Gasteiger partial charge in [-0.15, -0.1) is 0 Å². The summed E-state index contributed by atoms with van der Waals surface area (Å²) in [5.41, 5.74) is 30.3. The van der Waals surface area contributed by atoms with Crippen molar-refractivity contribution in [2.75, 3.05) is 31.1 Å². The lowest BCUT2D eigenvalue weighted by Gasteiger charge is -2.30. The summed E-state index contributed by atoms with van der Waals surface area (Å²) in [5, 5.41) is 41.5. The number of unbranched alkanes of at least 4 members (excludes halogenated alkanes) is 2. The molecule has 3 heterocycles. The first kappa shape index (κ1) is 78.6. The monoisotopic (exact) mass is 1360 g/mol. The van der Waals surface area contributed by atoms with Gasteiger partial charge in [0.2, 0.25) is 65.0 Å². The van der Waals surface area contributed by atoms with Crippen LogP contribution >= 0.6 is 21.6 Å². The largest absolute Gasteiger partial charge is 0.481 e. The molecule has 2 aliphatic rings. The number of rotatable bonds is 23. The molecule has 31 nitrogen and oxygen atoms in total. The van der Waals surface area contributed by atoms with Crippen LogP contribution in [0.1, 0.15) is 136 Å². The maximum absolute atomic E-state index is 15.0. The van der Waals surface area contributed by atoms with Gasteiger partial charge in [-0.1, -0.05) is 80.3 Å². The van der Waals surface area contributed by atoms with Gasteiger partial charge < -0.3 is 91.3 Å². The molecular weight excluding hydrogens is 1260 g/mol. The topological polar surface area (TPSA) is 525 Å². The number of carboxylic acid groups (broad SMARTS) is 2. The minimum atomic E-state index is -1.83. The Hall–Kier alpha value is -7.88. The van der Waals surface area contributed by atoms with Gasteiger partial charge in [0.25, 0.3) is 0 Å². The van der Waals surface area contributed by atoms with Crippen LogP contribution < -0.4 is 71.2 Å². The predicted molar refractivity (Wildman–Crippen MR) is 350 cm³/mol. The Morgan fingerprint density at radius 3 is 1.80 bits per heavy atom. The average Bonchev–Trinajstić information content (AvgIpc) is 1.64. The maximum atomic E-state index is 15.0. The first-order chi connectivity index (χ1) is 44.6. The molecule has 2 aromatic rings. The molecule has 0 saturated carbocycles. The van der Waals surface area contributed by atoms with E-state index in [0.717, 1.165) is 21.6 Å².